The van der Waals surface area contributed by atoms with Crippen molar-refractivity contribution >= 4 is 11.3 Å². The van der Waals surface area contributed by atoms with E-state index in [9.17, 15) is 0 Å². The summed E-state index contributed by atoms with van der Waals surface area (Å²) in [5.41, 5.74) is 0. The third-order valence-electron chi connectivity index (χ3n) is 4.16. The van der Waals surface area contributed by atoms with E-state index in [1.807, 2.05) is 6.07 Å². The SMILES string of the molecule is CCC1CCC(c2noc(-c3ccc(C#N)s3)n2)CC1. The number of nitriles is 1. The molecule has 4 nitrogen and oxygen atoms in total. The van der Waals surface area contributed by atoms with E-state index < -0.39 is 0 Å². The Hall–Kier alpha value is -1.67. The minimum absolute atomic E-state index is 0.436. The van der Waals surface area contributed by atoms with E-state index in [1.54, 1.807) is 6.07 Å². The second-order valence-electron chi connectivity index (χ2n) is 5.36. The summed E-state index contributed by atoms with van der Waals surface area (Å²) >= 11 is 1.39. The highest BCUT2D eigenvalue weighted by Gasteiger charge is 2.25. The van der Waals surface area contributed by atoms with Gasteiger partial charge in [0.05, 0.1) is 4.88 Å². The second kappa shape index (κ2) is 5.76. The minimum atomic E-state index is 0.436. The Labute approximate surface area is 122 Å². The molecule has 2 aromatic heterocycles. The first-order valence-electron chi connectivity index (χ1n) is 7.14. The normalized spacial score (nSPS) is 22.6. The van der Waals surface area contributed by atoms with E-state index in [4.69, 9.17) is 9.78 Å². The molecule has 0 bridgehead atoms. The van der Waals surface area contributed by atoms with Crippen LogP contribution in [0.1, 0.15) is 55.6 Å². The molecule has 20 heavy (non-hydrogen) atoms. The van der Waals surface area contributed by atoms with E-state index in [-0.39, 0.29) is 0 Å². The Balaban J connectivity index is 1.72. The van der Waals surface area contributed by atoms with Gasteiger partial charge >= 0.3 is 0 Å². The number of rotatable bonds is 3. The largest absolute Gasteiger partial charge is 0.333 e. The highest BCUT2D eigenvalue weighted by molar-refractivity contribution is 7.15. The van der Waals surface area contributed by atoms with E-state index in [0.717, 1.165) is 29.5 Å². The minimum Gasteiger partial charge on any atom is -0.333 e. The molecule has 0 saturated heterocycles. The maximum Gasteiger partial charge on any atom is 0.268 e. The second-order valence-corrected chi connectivity index (χ2v) is 6.44. The van der Waals surface area contributed by atoms with Gasteiger partial charge < -0.3 is 4.52 Å². The van der Waals surface area contributed by atoms with Crippen molar-refractivity contribution in [3.05, 3.63) is 22.8 Å². The topological polar surface area (TPSA) is 62.7 Å². The lowest BCUT2D eigenvalue weighted by Gasteiger charge is -2.25. The first-order valence-corrected chi connectivity index (χ1v) is 7.95. The molecule has 0 aromatic carbocycles. The zero-order chi connectivity index (χ0) is 13.9. The van der Waals surface area contributed by atoms with Gasteiger partial charge in [-0.25, -0.2) is 0 Å². The molecule has 3 rings (SSSR count). The van der Waals surface area contributed by atoms with Crippen LogP contribution in [0.4, 0.5) is 0 Å². The Morgan fingerprint density at radius 2 is 2.15 bits per heavy atom. The van der Waals surface area contributed by atoms with Crippen molar-refractivity contribution in [2.75, 3.05) is 0 Å². The quantitative estimate of drug-likeness (QED) is 0.841. The molecule has 1 aliphatic rings. The maximum atomic E-state index is 8.85. The van der Waals surface area contributed by atoms with Gasteiger partial charge in [0.1, 0.15) is 10.9 Å². The molecule has 0 spiro atoms. The van der Waals surface area contributed by atoms with Gasteiger partial charge in [0.15, 0.2) is 5.82 Å². The molecule has 0 unspecified atom stereocenters. The third-order valence-corrected chi connectivity index (χ3v) is 5.14. The van der Waals surface area contributed by atoms with Crippen LogP contribution in [0.5, 0.6) is 0 Å². The first-order chi connectivity index (χ1) is 9.80. The third kappa shape index (κ3) is 2.61. The van der Waals surface area contributed by atoms with Crippen molar-refractivity contribution < 1.29 is 4.52 Å². The van der Waals surface area contributed by atoms with Crippen LogP contribution in [-0.4, -0.2) is 10.1 Å². The van der Waals surface area contributed by atoms with Crippen molar-refractivity contribution in [1.82, 2.24) is 10.1 Å². The molecule has 1 aliphatic carbocycles. The molecular weight excluding hydrogens is 270 g/mol. The van der Waals surface area contributed by atoms with E-state index >= 15 is 0 Å². The Morgan fingerprint density at radius 1 is 1.35 bits per heavy atom. The zero-order valence-electron chi connectivity index (χ0n) is 11.5. The van der Waals surface area contributed by atoms with Crippen molar-refractivity contribution in [2.45, 2.75) is 44.9 Å². The highest BCUT2D eigenvalue weighted by atomic mass is 32.1. The predicted octanol–water partition coefficient (Wildman–Crippen LogP) is 4.35. The first kappa shape index (κ1) is 13.3. The summed E-state index contributed by atoms with van der Waals surface area (Å²) in [6.45, 7) is 2.26. The van der Waals surface area contributed by atoms with Gasteiger partial charge in [0.2, 0.25) is 0 Å². The number of nitrogens with zero attached hydrogens (tertiary/aromatic N) is 3. The lowest BCUT2D eigenvalue weighted by molar-refractivity contribution is 0.305. The standard InChI is InChI=1S/C15H17N3OS/c1-2-10-3-5-11(6-4-10)14-17-15(19-18-14)13-8-7-12(9-16)20-13/h7-8,10-11H,2-6H2,1H3. The lowest BCUT2D eigenvalue weighted by Crippen LogP contribution is -2.13. The number of thiophene rings is 1. The number of hydrogen-bond acceptors (Lipinski definition) is 5. The maximum absolute atomic E-state index is 8.85. The van der Waals surface area contributed by atoms with E-state index in [1.165, 1.54) is 30.6 Å². The van der Waals surface area contributed by atoms with Crippen LogP contribution in [-0.2, 0) is 0 Å². The monoisotopic (exact) mass is 287 g/mol. The summed E-state index contributed by atoms with van der Waals surface area (Å²) in [4.78, 5) is 6.07. The smallest absolute Gasteiger partial charge is 0.268 e. The van der Waals surface area contributed by atoms with Crippen LogP contribution in [0.25, 0.3) is 10.8 Å². The van der Waals surface area contributed by atoms with Gasteiger partial charge in [-0.3, -0.25) is 0 Å². The van der Waals surface area contributed by atoms with Gasteiger partial charge in [-0.1, -0.05) is 18.5 Å². The molecule has 1 saturated carbocycles. The molecule has 2 heterocycles. The molecular formula is C15H17N3OS. The van der Waals surface area contributed by atoms with Gasteiger partial charge in [-0.15, -0.1) is 11.3 Å². The molecule has 0 N–H and O–H groups in total. The van der Waals surface area contributed by atoms with Gasteiger partial charge in [-0.05, 0) is 43.7 Å². The molecule has 0 aliphatic heterocycles. The van der Waals surface area contributed by atoms with Crippen molar-refractivity contribution in [3.63, 3.8) is 0 Å². The molecule has 104 valence electrons. The fourth-order valence-corrected chi connectivity index (χ4v) is 3.57. The van der Waals surface area contributed by atoms with Crippen LogP contribution >= 0.6 is 11.3 Å². The molecule has 0 amide bonds. The Morgan fingerprint density at radius 3 is 2.80 bits per heavy atom. The van der Waals surface area contributed by atoms with Crippen LogP contribution < -0.4 is 0 Å². The summed E-state index contributed by atoms with van der Waals surface area (Å²) in [5, 5.41) is 13.0. The van der Waals surface area contributed by atoms with Crippen LogP contribution in [0.3, 0.4) is 0 Å². The fourth-order valence-electron chi connectivity index (χ4n) is 2.84. The molecule has 1 fully saturated rings. The lowest BCUT2D eigenvalue weighted by atomic mass is 9.80. The molecule has 0 radical (unpaired) electrons. The fraction of sp³-hybridized carbons (Fsp3) is 0.533. The highest BCUT2D eigenvalue weighted by Crippen LogP contribution is 2.36. The molecule has 2 aromatic rings. The molecule has 5 heteroatoms. The average molecular weight is 287 g/mol. The van der Waals surface area contributed by atoms with Gasteiger partial charge in [0.25, 0.3) is 5.89 Å². The Bertz CT molecular complexity index is 617. The number of aromatic nitrogens is 2. The zero-order valence-corrected chi connectivity index (χ0v) is 12.3. The van der Waals surface area contributed by atoms with Crippen LogP contribution in [0, 0.1) is 17.2 Å². The summed E-state index contributed by atoms with van der Waals surface area (Å²) in [6, 6.07) is 5.78. The average Bonchev–Trinajstić information content (AvgIpc) is 3.16. The van der Waals surface area contributed by atoms with Crippen molar-refractivity contribution in [3.8, 4) is 16.8 Å². The predicted molar refractivity (Wildman–Crippen MR) is 77.3 cm³/mol. The molecule has 0 atom stereocenters. The summed E-state index contributed by atoms with van der Waals surface area (Å²) in [5.74, 6) is 2.68. The van der Waals surface area contributed by atoms with E-state index in [0.29, 0.717) is 16.7 Å². The summed E-state index contributed by atoms with van der Waals surface area (Å²) in [7, 11) is 0. The van der Waals surface area contributed by atoms with Crippen molar-refractivity contribution in [2.24, 2.45) is 5.92 Å². The van der Waals surface area contributed by atoms with Gasteiger partial charge in [0, 0.05) is 5.92 Å². The Kier molecular flexibility index (Phi) is 3.83. The summed E-state index contributed by atoms with van der Waals surface area (Å²) in [6.07, 6.45) is 6.12. The van der Waals surface area contributed by atoms with Crippen molar-refractivity contribution in [1.29, 1.82) is 5.26 Å². The van der Waals surface area contributed by atoms with E-state index in [2.05, 4.69) is 23.1 Å². The summed E-state index contributed by atoms with van der Waals surface area (Å²) < 4.78 is 5.35. The number of hydrogen-bond donors (Lipinski definition) is 0. The van der Waals surface area contributed by atoms with Crippen LogP contribution in [0.15, 0.2) is 16.7 Å². The van der Waals surface area contributed by atoms with Gasteiger partial charge in [-0.2, -0.15) is 10.2 Å². The van der Waals surface area contributed by atoms with Crippen LogP contribution in [0.2, 0.25) is 0 Å².